The third kappa shape index (κ3) is 2.20. The number of benzene rings is 1. The lowest BCUT2D eigenvalue weighted by Crippen LogP contribution is -2.42. The second-order valence-corrected chi connectivity index (χ2v) is 5.88. The Morgan fingerprint density at radius 2 is 2.05 bits per heavy atom. The lowest BCUT2D eigenvalue weighted by atomic mass is 10.0. The van der Waals surface area contributed by atoms with Crippen molar-refractivity contribution in [3.8, 4) is 5.75 Å². The summed E-state index contributed by atoms with van der Waals surface area (Å²) in [5.74, 6) is 0.478. The van der Waals surface area contributed by atoms with Crippen molar-refractivity contribution in [2.45, 2.75) is 25.3 Å². The van der Waals surface area contributed by atoms with Gasteiger partial charge in [0.15, 0.2) is 0 Å². The maximum absolute atomic E-state index is 14.4. The summed E-state index contributed by atoms with van der Waals surface area (Å²) in [5, 5.41) is 0. The van der Waals surface area contributed by atoms with Crippen molar-refractivity contribution in [3.05, 3.63) is 17.4 Å². The topological polar surface area (TPSA) is 41.7 Å². The fraction of sp³-hybridized carbons (Fsp3) is 0.600. The summed E-state index contributed by atoms with van der Waals surface area (Å²) in [4.78, 5) is 4.41. The van der Waals surface area contributed by atoms with Crippen molar-refractivity contribution in [1.29, 1.82) is 0 Å². The minimum Gasteiger partial charge on any atom is -0.491 e. The van der Waals surface area contributed by atoms with Crippen LogP contribution in [-0.2, 0) is 6.42 Å². The predicted octanol–water partition coefficient (Wildman–Crippen LogP) is 1.87. The molecule has 2 aliphatic heterocycles. The first kappa shape index (κ1) is 13.5. The molecule has 0 radical (unpaired) electrons. The molecule has 3 rings (SSSR count). The number of halogens is 1. The number of rotatable bonds is 2. The van der Waals surface area contributed by atoms with Gasteiger partial charge in [-0.1, -0.05) is 0 Å². The third-order valence-corrected chi connectivity index (χ3v) is 4.44. The second-order valence-electron chi connectivity index (χ2n) is 5.88. The van der Waals surface area contributed by atoms with Gasteiger partial charge in [0.25, 0.3) is 0 Å². The molecule has 2 aliphatic rings. The zero-order chi connectivity index (χ0) is 14.3. The smallest absolute Gasteiger partial charge is 0.149 e. The number of nitrogens with two attached hydrogens (primary N) is 1. The van der Waals surface area contributed by atoms with Gasteiger partial charge in [-0.05, 0) is 26.9 Å². The van der Waals surface area contributed by atoms with Crippen LogP contribution in [0.5, 0.6) is 5.75 Å². The van der Waals surface area contributed by atoms with Crippen molar-refractivity contribution in [3.63, 3.8) is 0 Å². The molecule has 0 unspecified atom stereocenters. The highest BCUT2D eigenvalue weighted by Crippen LogP contribution is 2.41. The van der Waals surface area contributed by atoms with Gasteiger partial charge in [0.1, 0.15) is 11.6 Å². The van der Waals surface area contributed by atoms with E-state index in [4.69, 9.17) is 10.5 Å². The van der Waals surface area contributed by atoms with Gasteiger partial charge in [0.05, 0.1) is 18.0 Å². The number of anilines is 2. The van der Waals surface area contributed by atoms with Crippen LogP contribution in [-0.4, -0.2) is 44.7 Å². The van der Waals surface area contributed by atoms with Gasteiger partial charge < -0.3 is 20.3 Å². The Bertz CT molecular complexity index is 510. The monoisotopic (exact) mass is 279 g/mol. The molecule has 1 fully saturated rings. The maximum Gasteiger partial charge on any atom is 0.149 e. The molecular weight excluding hydrogens is 257 g/mol. The van der Waals surface area contributed by atoms with Crippen molar-refractivity contribution < 1.29 is 9.13 Å². The molecular formula is C15H22FN3O. The molecule has 1 aromatic carbocycles. The van der Waals surface area contributed by atoms with E-state index in [1.165, 1.54) is 6.07 Å². The molecule has 20 heavy (non-hydrogen) atoms. The summed E-state index contributed by atoms with van der Waals surface area (Å²) in [5.41, 5.74) is 7.92. The Kier molecular flexibility index (Phi) is 3.46. The normalized spacial score (nSPS) is 19.3. The molecule has 2 heterocycles. The van der Waals surface area contributed by atoms with Crippen LogP contribution in [0.4, 0.5) is 15.8 Å². The van der Waals surface area contributed by atoms with Gasteiger partial charge in [-0.25, -0.2) is 4.39 Å². The van der Waals surface area contributed by atoms with Gasteiger partial charge in [0.2, 0.25) is 0 Å². The van der Waals surface area contributed by atoms with Crippen LogP contribution in [0.2, 0.25) is 0 Å². The van der Waals surface area contributed by atoms with E-state index in [-0.39, 0.29) is 5.82 Å². The van der Waals surface area contributed by atoms with Gasteiger partial charge in [-0.2, -0.15) is 0 Å². The van der Waals surface area contributed by atoms with E-state index < -0.39 is 0 Å². The number of hydrogen-bond acceptors (Lipinski definition) is 4. The highest BCUT2D eigenvalue weighted by molar-refractivity contribution is 5.71. The first-order chi connectivity index (χ1) is 9.58. The number of piperidine rings is 1. The summed E-state index contributed by atoms with van der Waals surface area (Å²) in [7, 11) is 4.21. The number of nitrogens with zero attached hydrogens (tertiary/aromatic N) is 2. The average Bonchev–Trinajstić information content (AvgIpc) is 2.88. The van der Waals surface area contributed by atoms with Crippen molar-refractivity contribution >= 4 is 11.4 Å². The van der Waals surface area contributed by atoms with Crippen LogP contribution in [0.15, 0.2) is 6.07 Å². The predicted molar refractivity (Wildman–Crippen MR) is 78.9 cm³/mol. The summed E-state index contributed by atoms with van der Waals surface area (Å²) in [6.45, 7) is 2.37. The summed E-state index contributed by atoms with van der Waals surface area (Å²) in [6, 6.07) is 1.99. The number of fused-ring (bicyclic) bond motifs is 1. The molecule has 0 saturated carbocycles. The Balaban J connectivity index is 1.87. The molecule has 0 spiro atoms. The van der Waals surface area contributed by atoms with Gasteiger partial charge in [0, 0.05) is 37.2 Å². The van der Waals surface area contributed by atoms with E-state index in [9.17, 15) is 4.39 Å². The Labute approximate surface area is 119 Å². The number of nitrogen functional groups attached to an aromatic ring is 1. The summed E-state index contributed by atoms with van der Waals surface area (Å²) >= 11 is 0. The molecule has 1 saturated heterocycles. The van der Waals surface area contributed by atoms with E-state index in [0.29, 0.717) is 29.8 Å². The van der Waals surface area contributed by atoms with Crippen LogP contribution in [0.1, 0.15) is 18.4 Å². The maximum atomic E-state index is 14.4. The van der Waals surface area contributed by atoms with Crippen molar-refractivity contribution in [2.75, 3.05) is 44.4 Å². The molecule has 0 aliphatic carbocycles. The zero-order valence-corrected chi connectivity index (χ0v) is 12.2. The number of ether oxygens (including phenoxy) is 1. The SMILES string of the molecule is CN(C)C1CCN(c2c(F)cc(N)c3c2CCO3)CC1. The highest BCUT2D eigenvalue weighted by Gasteiger charge is 2.29. The molecule has 110 valence electrons. The highest BCUT2D eigenvalue weighted by atomic mass is 19.1. The molecule has 0 amide bonds. The van der Waals surface area contributed by atoms with Gasteiger partial charge in [-0.3, -0.25) is 0 Å². The van der Waals surface area contributed by atoms with Crippen LogP contribution >= 0.6 is 0 Å². The summed E-state index contributed by atoms with van der Waals surface area (Å²) < 4.78 is 19.9. The molecule has 2 N–H and O–H groups in total. The Morgan fingerprint density at radius 3 is 2.70 bits per heavy atom. The van der Waals surface area contributed by atoms with Crippen molar-refractivity contribution in [1.82, 2.24) is 4.90 Å². The van der Waals surface area contributed by atoms with Crippen LogP contribution < -0.4 is 15.4 Å². The van der Waals surface area contributed by atoms with Gasteiger partial charge >= 0.3 is 0 Å². The van der Waals surface area contributed by atoms with E-state index in [1.54, 1.807) is 0 Å². The molecule has 1 aromatic rings. The quantitative estimate of drug-likeness (QED) is 0.839. The minimum atomic E-state index is -0.213. The van der Waals surface area contributed by atoms with E-state index in [0.717, 1.165) is 37.9 Å². The fourth-order valence-corrected chi connectivity index (χ4v) is 3.30. The van der Waals surface area contributed by atoms with Crippen LogP contribution in [0.25, 0.3) is 0 Å². The standard InChI is InChI=1S/C15H22FN3O/c1-18(2)10-3-6-19(7-4-10)14-11-5-8-20-15(11)13(17)9-12(14)16/h9-10H,3-8,17H2,1-2H3. The lowest BCUT2D eigenvalue weighted by Gasteiger charge is -2.37. The van der Waals surface area contributed by atoms with Crippen molar-refractivity contribution in [2.24, 2.45) is 0 Å². The fourth-order valence-electron chi connectivity index (χ4n) is 3.30. The Hall–Kier alpha value is -1.49. The largest absolute Gasteiger partial charge is 0.491 e. The summed E-state index contributed by atoms with van der Waals surface area (Å²) in [6.07, 6.45) is 2.87. The minimum absolute atomic E-state index is 0.213. The zero-order valence-electron chi connectivity index (χ0n) is 12.2. The average molecular weight is 279 g/mol. The van der Waals surface area contributed by atoms with Crippen LogP contribution in [0, 0.1) is 5.82 Å². The Morgan fingerprint density at radius 1 is 1.35 bits per heavy atom. The number of hydrogen-bond donors (Lipinski definition) is 1. The third-order valence-electron chi connectivity index (χ3n) is 4.44. The molecule has 0 atom stereocenters. The van der Waals surface area contributed by atoms with E-state index >= 15 is 0 Å². The first-order valence-electron chi connectivity index (χ1n) is 7.23. The lowest BCUT2D eigenvalue weighted by molar-refractivity contribution is 0.249. The van der Waals surface area contributed by atoms with Crippen LogP contribution in [0.3, 0.4) is 0 Å². The van der Waals surface area contributed by atoms with E-state index in [1.807, 2.05) is 0 Å². The molecule has 5 heteroatoms. The van der Waals surface area contributed by atoms with E-state index in [2.05, 4.69) is 23.9 Å². The first-order valence-corrected chi connectivity index (χ1v) is 7.23. The van der Waals surface area contributed by atoms with Gasteiger partial charge in [-0.15, -0.1) is 0 Å². The molecule has 4 nitrogen and oxygen atoms in total. The molecule has 0 aromatic heterocycles. The second kappa shape index (κ2) is 5.13. The molecule has 0 bridgehead atoms.